The SMILES string of the molecule is CC(C)C(C(=O)O)c1cccc(F)c1O. The molecule has 0 aliphatic rings. The van der Waals surface area contributed by atoms with Gasteiger partial charge in [-0.15, -0.1) is 0 Å². The molecule has 0 aromatic heterocycles. The van der Waals surface area contributed by atoms with Crippen LogP contribution in [0.15, 0.2) is 18.2 Å². The number of benzene rings is 1. The van der Waals surface area contributed by atoms with E-state index in [9.17, 15) is 14.3 Å². The highest BCUT2D eigenvalue weighted by Gasteiger charge is 2.27. The van der Waals surface area contributed by atoms with Gasteiger partial charge in [0.1, 0.15) is 0 Å². The Morgan fingerprint density at radius 3 is 2.47 bits per heavy atom. The van der Waals surface area contributed by atoms with Crippen molar-refractivity contribution in [2.75, 3.05) is 0 Å². The summed E-state index contributed by atoms with van der Waals surface area (Å²) in [5, 5.41) is 18.4. The monoisotopic (exact) mass is 212 g/mol. The summed E-state index contributed by atoms with van der Waals surface area (Å²) in [6, 6.07) is 3.91. The molecule has 2 N–H and O–H groups in total. The van der Waals surface area contributed by atoms with E-state index in [1.807, 2.05) is 0 Å². The fraction of sp³-hybridized carbons (Fsp3) is 0.364. The molecule has 82 valence electrons. The first-order chi connectivity index (χ1) is 6.95. The summed E-state index contributed by atoms with van der Waals surface area (Å²) in [7, 11) is 0. The minimum absolute atomic E-state index is 0.123. The van der Waals surface area contributed by atoms with Gasteiger partial charge in [-0.05, 0) is 12.0 Å². The Morgan fingerprint density at radius 2 is 2.00 bits per heavy atom. The zero-order chi connectivity index (χ0) is 11.6. The molecule has 0 amide bonds. The second-order valence-corrected chi connectivity index (χ2v) is 3.74. The van der Waals surface area contributed by atoms with Gasteiger partial charge in [0.25, 0.3) is 0 Å². The van der Waals surface area contributed by atoms with E-state index in [0.29, 0.717) is 0 Å². The van der Waals surface area contributed by atoms with Crippen LogP contribution in [0.4, 0.5) is 4.39 Å². The fourth-order valence-corrected chi connectivity index (χ4v) is 1.56. The number of halogens is 1. The predicted octanol–water partition coefficient (Wildman–Crippen LogP) is 2.36. The van der Waals surface area contributed by atoms with Crippen molar-refractivity contribution >= 4 is 5.97 Å². The van der Waals surface area contributed by atoms with Crippen molar-refractivity contribution in [3.05, 3.63) is 29.6 Å². The fourth-order valence-electron chi connectivity index (χ4n) is 1.56. The van der Waals surface area contributed by atoms with Gasteiger partial charge < -0.3 is 10.2 Å². The van der Waals surface area contributed by atoms with Crippen molar-refractivity contribution in [3.63, 3.8) is 0 Å². The summed E-state index contributed by atoms with van der Waals surface area (Å²) >= 11 is 0. The maximum atomic E-state index is 13.0. The summed E-state index contributed by atoms with van der Waals surface area (Å²) in [6.07, 6.45) is 0. The summed E-state index contributed by atoms with van der Waals surface area (Å²) in [4.78, 5) is 11.0. The molecule has 0 aliphatic carbocycles. The van der Waals surface area contributed by atoms with E-state index in [2.05, 4.69) is 0 Å². The molecule has 15 heavy (non-hydrogen) atoms. The standard InChI is InChI=1S/C11H13FO3/c1-6(2)9(11(14)15)7-4-3-5-8(12)10(7)13/h3-6,9,13H,1-2H3,(H,14,15). The second kappa shape index (κ2) is 4.29. The summed E-state index contributed by atoms with van der Waals surface area (Å²) in [6.45, 7) is 3.42. The lowest BCUT2D eigenvalue weighted by molar-refractivity contribution is -0.139. The van der Waals surface area contributed by atoms with Crippen molar-refractivity contribution in [2.45, 2.75) is 19.8 Å². The predicted molar refractivity (Wildman–Crippen MR) is 53.3 cm³/mol. The molecule has 0 bridgehead atoms. The molecule has 0 saturated heterocycles. The molecular weight excluding hydrogens is 199 g/mol. The van der Waals surface area contributed by atoms with Crippen LogP contribution < -0.4 is 0 Å². The largest absolute Gasteiger partial charge is 0.505 e. The number of para-hydroxylation sites is 1. The van der Waals surface area contributed by atoms with Gasteiger partial charge in [0, 0.05) is 5.56 Å². The van der Waals surface area contributed by atoms with Crippen LogP contribution in [0, 0.1) is 11.7 Å². The Morgan fingerprint density at radius 1 is 1.40 bits per heavy atom. The van der Waals surface area contributed by atoms with Gasteiger partial charge in [0.15, 0.2) is 11.6 Å². The molecule has 4 heteroatoms. The quantitative estimate of drug-likeness (QED) is 0.808. The zero-order valence-electron chi connectivity index (χ0n) is 8.57. The van der Waals surface area contributed by atoms with E-state index in [1.165, 1.54) is 12.1 Å². The van der Waals surface area contributed by atoms with Crippen LogP contribution in [0.5, 0.6) is 5.75 Å². The molecule has 0 saturated carbocycles. The lowest BCUT2D eigenvalue weighted by Crippen LogP contribution is -2.17. The Hall–Kier alpha value is -1.58. The minimum atomic E-state index is -1.06. The maximum Gasteiger partial charge on any atom is 0.311 e. The first-order valence-corrected chi connectivity index (χ1v) is 4.65. The van der Waals surface area contributed by atoms with Gasteiger partial charge in [-0.1, -0.05) is 26.0 Å². The summed E-state index contributed by atoms with van der Waals surface area (Å²) < 4.78 is 13.0. The number of aliphatic carboxylic acids is 1. The van der Waals surface area contributed by atoms with Crippen LogP contribution >= 0.6 is 0 Å². The van der Waals surface area contributed by atoms with E-state index in [4.69, 9.17) is 5.11 Å². The second-order valence-electron chi connectivity index (χ2n) is 3.74. The van der Waals surface area contributed by atoms with E-state index in [-0.39, 0.29) is 11.5 Å². The molecule has 1 unspecified atom stereocenters. The molecule has 3 nitrogen and oxygen atoms in total. The number of aromatic hydroxyl groups is 1. The molecule has 0 radical (unpaired) electrons. The van der Waals surface area contributed by atoms with Crippen molar-refractivity contribution in [2.24, 2.45) is 5.92 Å². The normalized spacial score (nSPS) is 12.8. The third-order valence-electron chi connectivity index (χ3n) is 2.29. The molecule has 1 aromatic rings. The van der Waals surface area contributed by atoms with Crippen LogP contribution in [0.2, 0.25) is 0 Å². The van der Waals surface area contributed by atoms with E-state index in [0.717, 1.165) is 6.07 Å². The molecule has 1 aromatic carbocycles. The highest BCUT2D eigenvalue weighted by Crippen LogP contribution is 2.32. The summed E-state index contributed by atoms with van der Waals surface area (Å²) in [5.41, 5.74) is 0.123. The summed E-state index contributed by atoms with van der Waals surface area (Å²) in [5.74, 6) is -3.53. The number of hydrogen-bond donors (Lipinski definition) is 2. The molecule has 0 fully saturated rings. The van der Waals surface area contributed by atoms with Gasteiger partial charge in [0.2, 0.25) is 0 Å². The molecule has 0 spiro atoms. The van der Waals surface area contributed by atoms with Crippen LogP contribution in [-0.4, -0.2) is 16.2 Å². The van der Waals surface area contributed by atoms with E-state index in [1.54, 1.807) is 13.8 Å². The van der Waals surface area contributed by atoms with Gasteiger partial charge in [-0.25, -0.2) is 4.39 Å². The van der Waals surface area contributed by atoms with Gasteiger partial charge in [-0.2, -0.15) is 0 Å². The van der Waals surface area contributed by atoms with E-state index >= 15 is 0 Å². The van der Waals surface area contributed by atoms with Crippen LogP contribution in [0.3, 0.4) is 0 Å². The number of phenols is 1. The van der Waals surface area contributed by atoms with Gasteiger partial charge in [0.05, 0.1) is 5.92 Å². The van der Waals surface area contributed by atoms with E-state index < -0.39 is 23.5 Å². The first kappa shape index (κ1) is 11.5. The van der Waals surface area contributed by atoms with Crippen LogP contribution in [0.1, 0.15) is 25.3 Å². The Bertz CT molecular complexity index is 374. The van der Waals surface area contributed by atoms with Crippen molar-refractivity contribution in [1.29, 1.82) is 0 Å². The Kier molecular flexibility index (Phi) is 3.29. The maximum absolute atomic E-state index is 13.0. The van der Waals surface area contributed by atoms with Gasteiger partial charge in [-0.3, -0.25) is 4.79 Å². The Balaban J connectivity index is 3.23. The van der Waals surface area contributed by atoms with Crippen LogP contribution in [0.25, 0.3) is 0 Å². The average Bonchev–Trinajstić information content (AvgIpc) is 2.11. The first-order valence-electron chi connectivity index (χ1n) is 4.65. The molecule has 0 heterocycles. The molecule has 1 rings (SSSR count). The highest BCUT2D eigenvalue weighted by molar-refractivity contribution is 5.77. The number of hydrogen-bond acceptors (Lipinski definition) is 2. The van der Waals surface area contributed by atoms with Crippen molar-refractivity contribution < 1.29 is 19.4 Å². The Labute approximate surface area is 87.2 Å². The third-order valence-corrected chi connectivity index (χ3v) is 2.29. The number of rotatable bonds is 3. The van der Waals surface area contributed by atoms with Crippen molar-refractivity contribution in [1.82, 2.24) is 0 Å². The molecular formula is C11H13FO3. The number of carbonyl (C=O) groups is 1. The number of carboxylic acids is 1. The molecule has 0 aliphatic heterocycles. The van der Waals surface area contributed by atoms with Crippen LogP contribution in [-0.2, 0) is 4.79 Å². The lowest BCUT2D eigenvalue weighted by Gasteiger charge is -2.17. The lowest BCUT2D eigenvalue weighted by atomic mass is 9.88. The zero-order valence-corrected chi connectivity index (χ0v) is 8.57. The molecule has 1 atom stereocenters. The number of carboxylic acid groups (broad SMARTS) is 1. The number of phenolic OH excluding ortho intramolecular Hbond substituents is 1. The smallest absolute Gasteiger partial charge is 0.311 e. The van der Waals surface area contributed by atoms with Gasteiger partial charge >= 0.3 is 5.97 Å². The topological polar surface area (TPSA) is 57.5 Å². The highest BCUT2D eigenvalue weighted by atomic mass is 19.1. The average molecular weight is 212 g/mol. The minimum Gasteiger partial charge on any atom is -0.505 e. The van der Waals surface area contributed by atoms with Crippen molar-refractivity contribution in [3.8, 4) is 5.75 Å². The third kappa shape index (κ3) is 2.26.